The van der Waals surface area contributed by atoms with Crippen LogP contribution in [0, 0.1) is 5.92 Å². The molecule has 2 heterocycles. The van der Waals surface area contributed by atoms with Crippen molar-refractivity contribution >= 4 is 0 Å². The van der Waals surface area contributed by atoms with Gasteiger partial charge >= 0.3 is 0 Å². The minimum absolute atomic E-state index is 0.0541. The van der Waals surface area contributed by atoms with Crippen molar-refractivity contribution < 1.29 is 9.47 Å². The van der Waals surface area contributed by atoms with E-state index in [1.54, 1.807) is 7.11 Å². The molecule has 0 aromatic heterocycles. The predicted octanol–water partition coefficient (Wildman–Crippen LogP) is 1.05. The van der Waals surface area contributed by atoms with Gasteiger partial charge in [0.05, 0.1) is 0 Å². The molecule has 2 rings (SSSR count). The molecular formula is C9H17NO2. The number of ether oxygens (including phenoxy) is 2. The summed E-state index contributed by atoms with van der Waals surface area (Å²) >= 11 is 0. The third kappa shape index (κ3) is 1.63. The second kappa shape index (κ2) is 3.32. The summed E-state index contributed by atoms with van der Waals surface area (Å²) in [6.45, 7) is 4.66. The minimum Gasteiger partial charge on any atom is -0.352 e. The lowest BCUT2D eigenvalue weighted by Crippen LogP contribution is -2.36. The first-order valence-corrected chi connectivity index (χ1v) is 4.73. The highest BCUT2D eigenvalue weighted by Crippen LogP contribution is 2.30. The van der Waals surface area contributed by atoms with Crippen molar-refractivity contribution in [3.8, 4) is 0 Å². The summed E-state index contributed by atoms with van der Waals surface area (Å²) in [4.78, 5) is 2.38. The lowest BCUT2D eigenvalue weighted by molar-refractivity contribution is 0.0949. The molecule has 3 heteroatoms. The smallest absolute Gasteiger partial charge is 0.199 e. The van der Waals surface area contributed by atoms with Crippen molar-refractivity contribution in [2.24, 2.45) is 5.92 Å². The van der Waals surface area contributed by atoms with Crippen LogP contribution in [0.5, 0.6) is 0 Å². The molecule has 0 spiro atoms. The summed E-state index contributed by atoms with van der Waals surface area (Å²) in [7, 11) is 1.71. The normalized spacial score (nSPS) is 38.5. The van der Waals surface area contributed by atoms with E-state index in [-0.39, 0.29) is 12.5 Å². The summed E-state index contributed by atoms with van der Waals surface area (Å²) in [5, 5.41) is 0. The van der Waals surface area contributed by atoms with Crippen LogP contribution in [0.4, 0.5) is 0 Å². The van der Waals surface area contributed by atoms with Crippen molar-refractivity contribution in [1.29, 1.82) is 0 Å². The van der Waals surface area contributed by atoms with E-state index in [0.717, 1.165) is 5.92 Å². The van der Waals surface area contributed by atoms with Gasteiger partial charge in [0, 0.05) is 20.2 Å². The number of hydrogen-bond acceptors (Lipinski definition) is 3. The number of hydrogen-bond donors (Lipinski definition) is 0. The molecule has 0 aromatic carbocycles. The summed E-state index contributed by atoms with van der Waals surface area (Å²) in [6.07, 6.45) is 2.92. The van der Waals surface area contributed by atoms with Crippen molar-refractivity contribution in [2.75, 3.05) is 20.2 Å². The number of rotatable bonds is 2. The number of piperidine rings is 1. The van der Waals surface area contributed by atoms with E-state index in [2.05, 4.69) is 11.8 Å². The van der Waals surface area contributed by atoms with Gasteiger partial charge < -0.3 is 9.47 Å². The van der Waals surface area contributed by atoms with E-state index in [0.29, 0.717) is 0 Å². The highest BCUT2D eigenvalue weighted by atomic mass is 16.8. The van der Waals surface area contributed by atoms with E-state index in [1.807, 2.05) is 0 Å². The molecule has 0 aromatic rings. The van der Waals surface area contributed by atoms with Crippen LogP contribution in [0.2, 0.25) is 0 Å². The quantitative estimate of drug-likeness (QED) is 0.580. The summed E-state index contributed by atoms with van der Waals surface area (Å²) < 4.78 is 10.4. The largest absolute Gasteiger partial charge is 0.352 e. The Labute approximate surface area is 73.6 Å². The molecule has 2 unspecified atom stereocenters. The van der Waals surface area contributed by atoms with Gasteiger partial charge in [0.2, 0.25) is 0 Å². The molecule has 0 aliphatic carbocycles. The summed E-state index contributed by atoms with van der Waals surface area (Å²) in [5.74, 6) is 0.890. The maximum atomic E-state index is 5.34. The van der Waals surface area contributed by atoms with Crippen LogP contribution in [0.15, 0.2) is 0 Å². The van der Waals surface area contributed by atoms with Gasteiger partial charge in [-0.2, -0.15) is 0 Å². The van der Waals surface area contributed by atoms with Gasteiger partial charge in [0.1, 0.15) is 0 Å². The Hall–Kier alpha value is -0.120. The Kier molecular flexibility index (Phi) is 2.35. The Morgan fingerprint density at radius 2 is 2.00 bits per heavy atom. The molecule has 2 aliphatic rings. The minimum atomic E-state index is 0.0541. The van der Waals surface area contributed by atoms with E-state index < -0.39 is 0 Å². The molecule has 3 nitrogen and oxygen atoms in total. The van der Waals surface area contributed by atoms with Crippen LogP contribution >= 0.6 is 0 Å². The lowest BCUT2D eigenvalue weighted by Gasteiger charge is -2.28. The van der Waals surface area contributed by atoms with E-state index in [4.69, 9.17) is 9.47 Å². The second-order valence-electron chi connectivity index (χ2n) is 3.85. The van der Waals surface area contributed by atoms with Crippen molar-refractivity contribution in [2.45, 2.75) is 32.3 Å². The maximum absolute atomic E-state index is 5.34. The van der Waals surface area contributed by atoms with Crippen LogP contribution in [0.1, 0.15) is 19.8 Å². The van der Waals surface area contributed by atoms with E-state index in [1.165, 1.54) is 25.9 Å². The second-order valence-corrected chi connectivity index (χ2v) is 3.85. The standard InChI is InChI=1S/C9H17NO2/c1-7-3-5-10(6-4-7)8-9(11-2)12-8/h7-9H,3-6H2,1-2H3. The molecule has 0 amide bonds. The first kappa shape index (κ1) is 8.48. The van der Waals surface area contributed by atoms with Crippen molar-refractivity contribution in [3.05, 3.63) is 0 Å². The molecule has 0 bridgehead atoms. The predicted molar refractivity (Wildman–Crippen MR) is 45.6 cm³/mol. The van der Waals surface area contributed by atoms with Gasteiger partial charge in [0.15, 0.2) is 12.5 Å². The van der Waals surface area contributed by atoms with E-state index >= 15 is 0 Å². The number of likely N-dealkylation sites (tertiary alicyclic amines) is 1. The van der Waals surface area contributed by atoms with Crippen LogP contribution in [-0.2, 0) is 9.47 Å². The van der Waals surface area contributed by atoms with Crippen molar-refractivity contribution in [1.82, 2.24) is 4.90 Å². The van der Waals surface area contributed by atoms with Gasteiger partial charge in [0.25, 0.3) is 0 Å². The third-order valence-electron chi connectivity index (χ3n) is 2.84. The molecule has 2 atom stereocenters. The first-order chi connectivity index (χ1) is 5.81. The first-order valence-electron chi connectivity index (χ1n) is 4.73. The Balaban J connectivity index is 1.76. The van der Waals surface area contributed by atoms with Gasteiger partial charge in [-0.25, -0.2) is 0 Å². The van der Waals surface area contributed by atoms with Crippen LogP contribution in [0.3, 0.4) is 0 Å². The Morgan fingerprint density at radius 1 is 1.33 bits per heavy atom. The number of epoxide rings is 1. The average molecular weight is 171 g/mol. The zero-order valence-electron chi connectivity index (χ0n) is 7.82. The zero-order chi connectivity index (χ0) is 8.55. The van der Waals surface area contributed by atoms with Gasteiger partial charge in [-0.3, -0.25) is 4.90 Å². The van der Waals surface area contributed by atoms with Crippen molar-refractivity contribution in [3.63, 3.8) is 0 Å². The monoisotopic (exact) mass is 171 g/mol. The lowest BCUT2D eigenvalue weighted by atomic mass is 9.99. The maximum Gasteiger partial charge on any atom is 0.199 e. The molecule has 0 saturated carbocycles. The molecule has 2 fully saturated rings. The molecule has 2 saturated heterocycles. The Bertz CT molecular complexity index is 155. The molecular weight excluding hydrogens is 154 g/mol. The molecule has 0 radical (unpaired) electrons. The average Bonchev–Trinajstić information content (AvgIpc) is 2.85. The Morgan fingerprint density at radius 3 is 2.50 bits per heavy atom. The van der Waals surface area contributed by atoms with Gasteiger partial charge in [-0.05, 0) is 18.8 Å². The fourth-order valence-corrected chi connectivity index (χ4v) is 1.81. The summed E-state index contributed by atoms with van der Waals surface area (Å²) in [6, 6.07) is 0. The molecule has 0 N–H and O–H groups in total. The molecule has 2 aliphatic heterocycles. The zero-order valence-corrected chi connectivity index (χ0v) is 7.82. The highest BCUT2D eigenvalue weighted by molar-refractivity contribution is 4.81. The van der Waals surface area contributed by atoms with Crippen LogP contribution in [-0.4, -0.2) is 37.6 Å². The SMILES string of the molecule is COC1OC1N1CCC(C)CC1. The fourth-order valence-electron chi connectivity index (χ4n) is 1.81. The third-order valence-corrected chi connectivity index (χ3v) is 2.84. The molecule has 70 valence electrons. The highest BCUT2D eigenvalue weighted by Gasteiger charge is 2.44. The van der Waals surface area contributed by atoms with Gasteiger partial charge in [-0.15, -0.1) is 0 Å². The van der Waals surface area contributed by atoms with Crippen LogP contribution < -0.4 is 0 Å². The number of nitrogens with zero attached hydrogens (tertiary/aromatic N) is 1. The topological polar surface area (TPSA) is 25.0 Å². The molecule has 12 heavy (non-hydrogen) atoms. The van der Waals surface area contributed by atoms with Gasteiger partial charge in [-0.1, -0.05) is 6.92 Å². The van der Waals surface area contributed by atoms with E-state index in [9.17, 15) is 0 Å². The summed E-state index contributed by atoms with van der Waals surface area (Å²) in [5.41, 5.74) is 0. The van der Waals surface area contributed by atoms with Crippen LogP contribution in [0.25, 0.3) is 0 Å². The number of methoxy groups -OCH3 is 1. The fraction of sp³-hybridized carbons (Fsp3) is 1.00.